The maximum atomic E-state index is 8.94. The molecule has 9 aromatic rings. The minimum Gasteiger partial charge on any atom is -0.506 e. The molecule has 0 amide bonds. The van der Waals surface area contributed by atoms with Gasteiger partial charge in [0.15, 0.2) is 52.3 Å². The van der Waals surface area contributed by atoms with Gasteiger partial charge in [0.25, 0.3) is 0 Å². The molecule has 9 aromatic carbocycles. The summed E-state index contributed by atoms with van der Waals surface area (Å²) in [6.07, 6.45) is 1.38. The van der Waals surface area contributed by atoms with Crippen LogP contribution in [0.4, 0.5) is 17.1 Å². The number of halogens is 7. The highest BCUT2D eigenvalue weighted by atomic mass is 79.9. The minimum atomic E-state index is -0.454. The number of methoxy groups -OCH3 is 8. The van der Waals surface area contributed by atoms with Crippen molar-refractivity contribution in [1.29, 1.82) is 0 Å². The Hall–Kier alpha value is -8.13. The van der Waals surface area contributed by atoms with Crippen LogP contribution in [0.3, 0.4) is 0 Å². The second-order valence-corrected chi connectivity index (χ2v) is 34.4. The number of benzene rings is 9. The van der Waals surface area contributed by atoms with E-state index in [1.165, 1.54) is 22.3 Å². The van der Waals surface area contributed by atoms with Crippen LogP contribution >= 0.6 is 89.9 Å². The first kappa shape index (κ1) is 110. The summed E-state index contributed by atoms with van der Waals surface area (Å²) in [7, 11) is 13.3. The number of piperazine rings is 4. The quantitative estimate of drug-likeness (QED) is 0.0376. The highest BCUT2D eigenvalue weighted by Gasteiger charge is 2.29. The second kappa shape index (κ2) is 58.9. The Morgan fingerprint density at radius 1 is 0.344 bits per heavy atom. The molecule has 0 spiro atoms. The summed E-state index contributed by atoms with van der Waals surface area (Å²) in [6.45, 7) is 38.0. The molecule has 5 atom stereocenters. The van der Waals surface area contributed by atoms with Crippen LogP contribution < -0.4 is 76.9 Å². The molecule has 31 heteroatoms. The van der Waals surface area contributed by atoms with Crippen LogP contribution in [0.2, 0.25) is 25.1 Å². The van der Waals surface area contributed by atoms with Gasteiger partial charge in [0.2, 0.25) is 0 Å². The van der Waals surface area contributed by atoms with Crippen molar-refractivity contribution < 1.29 is 76.9 Å². The molecular formula is C100H135Br2Cl5N8O16. The van der Waals surface area contributed by atoms with Crippen molar-refractivity contribution in [3.05, 3.63) is 220 Å². The summed E-state index contributed by atoms with van der Waals surface area (Å²) >= 11 is 36.5. The largest absolute Gasteiger partial charge is 0.506 e. The SMILES string of the molecule is CCO.CCOc1cc(Br)ccc1Cl.CCOc1cc(N2CCN(C(C)c3ccc(OC)c(OC)c3)CC2)ccc1Cl.CCOc1cc(N2CCN(C(C)c3ccc(OC)c(OC)c3)CC2)ccc1Cl.CCOc1cc(N2CCN(C(C)c3ccc(OC)c(OC)c3)CC2)ccc1Cl.COc1ccc(C(C)N2CCNCC2)cc1OC.OC1CCCO1.Oc1cc(Br)ccc1Cl. The van der Waals surface area contributed by atoms with E-state index >= 15 is 0 Å². The topological polar surface area (TPSA) is 215 Å². The van der Waals surface area contributed by atoms with E-state index in [-0.39, 0.29) is 12.4 Å². The lowest BCUT2D eigenvalue weighted by atomic mass is 10.0. The number of nitrogens with one attached hydrogen (secondary N) is 1. The minimum absolute atomic E-state index is 0.103. The zero-order valence-corrected chi connectivity index (χ0v) is 85.8. The summed E-state index contributed by atoms with van der Waals surface area (Å²) in [4.78, 5) is 17.1. The molecule has 0 radical (unpaired) electrons. The number of aliphatic hydroxyl groups is 2. The maximum Gasteiger partial charge on any atom is 0.161 e. The van der Waals surface area contributed by atoms with Gasteiger partial charge in [-0.1, -0.05) is 114 Å². The number of aromatic hydroxyl groups is 1. The summed E-state index contributed by atoms with van der Waals surface area (Å²) < 4.78 is 71.7. The second-order valence-electron chi connectivity index (χ2n) is 30.5. The molecule has 0 aromatic heterocycles. The Morgan fingerprint density at radius 3 is 0.840 bits per heavy atom. The molecule has 131 heavy (non-hydrogen) atoms. The van der Waals surface area contributed by atoms with Crippen molar-refractivity contribution in [2.24, 2.45) is 0 Å². The van der Waals surface area contributed by atoms with E-state index in [0.717, 1.165) is 219 Å². The molecular weight excluding hydrogens is 1910 g/mol. The lowest BCUT2D eigenvalue weighted by Crippen LogP contribution is -2.47. The highest BCUT2D eigenvalue weighted by Crippen LogP contribution is 2.41. The van der Waals surface area contributed by atoms with Crippen LogP contribution in [-0.2, 0) is 4.74 Å². The molecule has 0 aliphatic carbocycles. The average Bonchev–Trinajstić information content (AvgIpc) is 1.06. The monoisotopic (exact) mass is 2040 g/mol. The summed E-state index contributed by atoms with van der Waals surface area (Å²) in [6, 6.07) is 54.6. The zero-order valence-electron chi connectivity index (χ0n) is 78.9. The van der Waals surface area contributed by atoms with Crippen LogP contribution in [0.15, 0.2) is 173 Å². The van der Waals surface area contributed by atoms with Gasteiger partial charge in [0.1, 0.15) is 28.7 Å². The Labute approximate surface area is 819 Å². The first-order chi connectivity index (χ1) is 63.2. The Morgan fingerprint density at radius 2 is 0.603 bits per heavy atom. The summed E-state index contributed by atoms with van der Waals surface area (Å²) in [5, 5.41) is 31.4. The van der Waals surface area contributed by atoms with Crippen molar-refractivity contribution in [3.63, 3.8) is 0 Å². The molecule has 14 rings (SSSR count). The zero-order chi connectivity index (χ0) is 95.5. The number of ether oxygens (including phenoxy) is 13. The number of aliphatic hydroxyl groups excluding tert-OH is 2. The van der Waals surface area contributed by atoms with E-state index in [0.29, 0.717) is 75.7 Å². The molecule has 5 saturated heterocycles. The number of anilines is 3. The fraction of sp³-hybridized carbons (Fsp3) is 0.460. The first-order valence-electron chi connectivity index (χ1n) is 44.4. The van der Waals surface area contributed by atoms with E-state index in [9.17, 15) is 0 Å². The van der Waals surface area contributed by atoms with E-state index in [1.807, 2.05) is 100 Å². The van der Waals surface area contributed by atoms with Crippen molar-refractivity contribution in [3.8, 4) is 74.7 Å². The molecule has 5 heterocycles. The van der Waals surface area contributed by atoms with Crippen LogP contribution in [0.1, 0.15) is 122 Å². The molecule has 0 bridgehead atoms. The normalized spacial score (nSPS) is 16.0. The number of hydrogen-bond donors (Lipinski definition) is 4. The van der Waals surface area contributed by atoms with Crippen molar-refractivity contribution in [2.75, 3.05) is 216 Å². The number of phenolic OH excluding ortho intramolecular Hbond substituents is 1. The molecule has 0 saturated carbocycles. The van der Waals surface area contributed by atoms with E-state index in [4.69, 9.17) is 135 Å². The van der Waals surface area contributed by atoms with Crippen molar-refractivity contribution in [1.82, 2.24) is 24.9 Å². The predicted molar refractivity (Wildman–Crippen MR) is 541 cm³/mol. The average molecular weight is 2040 g/mol. The molecule has 24 nitrogen and oxygen atoms in total. The molecule has 5 unspecified atom stereocenters. The third-order valence-corrected chi connectivity index (χ3v) is 25.1. The van der Waals surface area contributed by atoms with E-state index < -0.39 is 6.29 Å². The standard InChI is InChI=1S/3C22H29ClN2O3.C14H22N2O2.C8H8BrClO.C6H4BrClO.C4H8O2.C2H6O/c3*1-5-28-21-15-18(7-8-19(21)23)25-12-10-24(11-13-25)16(2)17-6-9-20(26-3)22(14-17)27-4;1-11(16-8-6-15-7-9-16)12-4-5-13(17-2)14(10-12)18-3;1-2-11-8-5-6(9)3-4-7(8)10;7-4-1-2-5(8)6(9)3-4;5-4-2-1-3-6-4;1-2-3/h3*6-9,14-16H,5,10-13H2,1-4H3;4-5,10-11,15H,6-9H2,1-3H3;3-5H,2H2,1H3;1-3,9H;4-5H,1-3H2;3H,2H2,1H3. The maximum absolute atomic E-state index is 8.94. The van der Waals surface area contributed by atoms with Gasteiger partial charge in [0.05, 0.1) is 108 Å². The Kier molecular flexibility index (Phi) is 49.4. The number of phenols is 1. The van der Waals surface area contributed by atoms with Crippen LogP contribution in [0.25, 0.3) is 0 Å². The molecule has 5 aliphatic rings. The third kappa shape index (κ3) is 34.3. The van der Waals surface area contributed by atoms with E-state index in [1.54, 1.807) is 88.1 Å². The van der Waals surface area contributed by atoms with Crippen LogP contribution in [0, 0.1) is 0 Å². The fourth-order valence-corrected chi connectivity index (χ4v) is 16.6. The lowest BCUT2D eigenvalue weighted by Gasteiger charge is -2.39. The molecule has 5 aliphatic heterocycles. The number of hydrogen-bond acceptors (Lipinski definition) is 24. The van der Waals surface area contributed by atoms with Gasteiger partial charge >= 0.3 is 0 Å². The summed E-state index contributed by atoms with van der Waals surface area (Å²) in [5.74, 6) is 9.28. The smallest absolute Gasteiger partial charge is 0.161 e. The van der Waals surface area contributed by atoms with Gasteiger partial charge < -0.3 is 96.9 Å². The van der Waals surface area contributed by atoms with Gasteiger partial charge in [-0.05, 0) is 212 Å². The summed E-state index contributed by atoms with van der Waals surface area (Å²) in [5.41, 5.74) is 8.45. The van der Waals surface area contributed by atoms with Crippen LogP contribution in [0.5, 0.6) is 74.7 Å². The van der Waals surface area contributed by atoms with Crippen molar-refractivity contribution >= 4 is 107 Å². The van der Waals surface area contributed by atoms with Gasteiger partial charge in [-0.2, -0.15) is 0 Å². The van der Waals surface area contributed by atoms with Gasteiger partial charge in [-0.25, -0.2) is 0 Å². The first-order valence-corrected chi connectivity index (χ1v) is 47.9. The van der Waals surface area contributed by atoms with Crippen molar-refractivity contribution in [2.45, 2.75) is 106 Å². The van der Waals surface area contributed by atoms with E-state index in [2.05, 4.69) is 166 Å². The Balaban J connectivity index is 0.000000218. The number of rotatable bonds is 27. The van der Waals surface area contributed by atoms with Gasteiger partial charge in [-0.15, -0.1) is 0 Å². The fourth-order valence-electron chi connectivity index (χ4n) is 15.1. The predicted octanol–water partition coefficient (Wildman–Crippen LogP) is 22.0. The third-order valence-electron chi connectivity index (χ3n) is 22.6. The van der Waals surface area contributed by atoms with Crippen LogP contribution in [-0.4, -0.2) is 242 Å². The lowest BCUT2D eigenvalue weighted by molar-refractivity contribution is -0.0589. The highest BCUT2D eigenvalue weighted by molar-refractivity contribution is 9.10. The molecule has 720 valence electrons. The van der Waals surface area contributed by atoms with Gasteiger partial charge in [-0.3, -0.25) is 19.6 Å². The molecule has 5 fully saturated rings. The molecule has 4 N–H and O–H groups in total. The Bertz CT molecular complexity index is 4520. The van der Waals surface area contributed by atoms with Gasteiger partial charge in [0, 0.05) is 193 Å². The number of nitrogens with zero attached hydrogens (tertiary/aromatic N) is 7.